The van der Waals surface area contributed by atoms with E-state index in [4.69, 9.17) is 16.3 Å². The zero-order chi connectivity index (χ0) is 17.1. The van der Waals surface area contributed by atoms with Crippen LogP contribution in [0.1, 0.15) is 15.9 Å². The molecule has 3 nitrogen and oxygen atoms in total. The van der Waals surface area contributed by atoms with Gasteiger partial charge in [0.2, 0.25) is 0 Å². The Morgan fingerprint density at radius 1 is 1.17 bits per heavy atom. The van der Waals surface area contributed by atoms with Gasteiger partial charge in [-0.05, 0) is 60.7 Å². The second kappa shape index (κ2) is 6.81. The fourth-order valence-electron chi connectivity index (χ4n) is 2.27. The third kappa shape index (κ3) is 3.44. The second-order valence-electron chi connectivity index (χ2n) is 5.13. The van der Waals surface area contributed by atoms with Crippen LogP contribution in [-0.4, -0.2) is 17.9 Å². The number of ether oxygens (including phenoxy) is 1. The summed E-state index contributed by atoms with van der Waals surface area (Å²) in [6, 6.07) is 12.7. The molecule has 0 radical (unpaired) electrons. The molecule has 0 aliphatic carbocycles. The molecule has 0 saturated heterocycles. The van der Waals surface area contributed by atoms with E-state index in [1.165, 1.54) is 30.3 Å². The van der Waals surface area contributed by atoms with E-state index in [0.29, 0.717) is 22.0 Å². The lowest BCUT2D eigenvalue weighted by Crippen LogP contribution is -1.94. The Balaban J connectivity index is 1.92. The number of aromatic nitrogens is 1. The molecule has 120 valence electrons. The summed E-state index contributed by atoms with van der Waals surface area (Å²) in [5, 5.41) is 1.16. The number of fused-ring (bicyclic) bond motifs is 1. The Labute approximate surface area is 143 Å². The molecule has 0 unspecified atom stereocenters. The van der Waals surface area contributed by atoms with Gasteiger partial charge in [0.25, 0.3) is 0 Å². The minimum atomic E-state index is -0.383. The number of benzene rings is 2. The first-order valence-electron chi connectivity index (χ1n) is 7.19. The lowest BCUT2D eigenvalue weighted by Gasteiger charge is -2.05. The molecule has 0 saturated carbocycles. The summed E-state index contributed by atoms with van der Waals surface area (Å²) < 4.78 is 18.1. The van der Waals surface area contributed by atoms with Crippen molar-refractivity contribution in [1.82, 2.24) is 4.98 Å². The summed E-state index contributed by atoms with van der Waals surface area (Å²) in [5.41, 5.74) is 1.76. The van der Waals surface area contributed by atoms with Crippen molar-refractivity contribution in [3.05, 3.63) is 76.7 Å². The number of nitrogens with zero attached hydrogens (tertiary/aromatic N) is 1. The van der Waals surface area contributed by atoms with Crippen LogP contribution in [0, 0.1) is 5.82 Å². The van der Waals surface area contributed by atoms with Crippen LogP contribution in [-0.2, 0) is 0 Å². The number of allylic oxidation sites excluding steroid dienone is 1. The average Bonchev–Trinajstić information content (AvgIpc) is 2.60. The molecule has 1 aromatic heterocycles. The van der Waals surface area contributed by atoms with Gasteiger partial charge in [-0.25, -0.2) is 9.37 Å². The SMILES string of the molecule is COc1ccc2nc(Cl)c(/C=C/C(=O)c3ccc(F)cc3)cc2c1. The largest absolute Gasteiger partial charge is 0.497 e. The minimum Gasteiger partial charge on any atom is -0.497 e. The molecule has 0 spiro atoms. The van der Waals surface area contributed by atoms with Crippen molar-refractivity contribution in [3.63, 3.8) is 0 Å². The van der Waals surface area contributed by atoms with Gasteiger partial charge in [-0.15, -0.1) is 0 Å². The summed E-state index contributed by atoms with van der Waals surface area (Å²) in [4.78, 5) is 16.4. The highest BCUT2D eigenvalue weighted by Crippen LogP contribution is 2.25. The van der Waals surface area contributed by atoms with Gasteiger partial charge in [0.1, 0.15) is 16.7 Å². The summed E-state index contributed by atoms with van der Waals surface area (Å²) in [6.45, 7) is 0. The van der Waals surface area contributed by atoms with Crippen LogP contribution in [0.25, 0.3) is 17.0 Å². The van der Waals surface area contributed by atoms with Gasteiger partial charge in [0.05, 0.1) is 12.6 Å². The highest BCUT2D eigenvalue weighted by molar-refractivity contribution is 6.31. The maximum Gasteiger partial charge on any atom is 0.185 e. The first-order chi connectivity index (χ1) is 11.6. The van der Waals surface area contributed by atoms with Gasteiger partial charge in [0.15, 0.2) is 5.78 Å². The van der Waals surface area contributed by atoms with Gasteiger partial charge >= 0.3 is 0 Å². The Morgan fingerprint density at radius 2 is 1.92 bits per heavy atom. The van der Waals surface area contributed by atoms with E-state index in [-0.39, 0.29) is 11.6 Å². The summed E-state index contributed by atoms with van der Waals surface area (Å²) >= 11 is 6.17. The molecule has 0 atom stereocenters. The molecule has 3 aromatic rings. The quantitative estimate of drug-likeness (QED) is 0.383. The first-order valence-corrected chi connectivity index (χ1v) is 7.57. The van der Waals surface area contributed by atoms with E-state index in [1.54, 1.807) is 19.3 Å². The third-order valence-corrected chi connectivity index (χ3v) is 3.85. The molecule has 2 aromatic carbocycles. The predicted molar refractivity (Wildman–Crippen MR) is 93.1 cm³/mol. The number of hydrogen-bond acceptors (Lipinski definition) is 3. The van der Waals surface area contributed by atoms with E-state index in [1.807, 2.05) is 18.2 Å². The molecule has 0 aliphatic rings. The summed E-state index contributed by atoms with van der Waals surface area (Å²) in [5.74, 6) is 0.0898. The molecule has 0 aliphatic heterocycles. The Hall–Kier alpha value is -2.72. The van der Waals surface area contributed by atoms with E-state index in [0.717, 1.165) is 10.9 Å². The van der Waals surface area contributed by atoms with Crippen molar-refractivity contribution in [2.75, 3.05) is 7.11 Å². The molecule has 0 N–H and O–H groups in total. The fraction of sp³-hybridized carbons (Fsp3) is 0.0526. The lowest BCUT2D eigenvalue weighted by molar-refractivity contribution is 0.104. The number of halogens is 2. The van der Waals surface area contributed by atoms with Crippen molar-refractivity contribution in [2.45, 2.75) is 0 Å². The maximum absolute atomic E-state index is 12.9. The van der Waals surface area contributed by atoms with E-state index in [9.17, 15) is 9.18 Å². The normalized spacial score (nSPS) is 11.1. The van der Waals surface area contributed by atoms with Gasteiger partial charge < -0.3 is 4.74 Å². The summed E-state index contributed by atoms with van der Waals surface area (Å²) in [6.07, 6.45) is 2.99. The standard InChI is InChI=1S/C19H13ClFNO2/c1-24-16-7-8-17-14(11-16)10-13(19(20)22-17)4-9-18(23)12-2-5-15(21)6-3-12/h2-11H,1H3/b9-4+. The monoisotopic (exact) mass is 341 g/mol. The maximum atomic E-state index is 12.9. The number of pyridine rings is 1. The van der Waals surface area contributed by atoms with E-state index < -0.39 is 0 Å². The van der Waals surface area contributed by atoms with Crippen molar-refractivity contribution >= 4 is 34.4 Å². The van der Waals surface area contributed by atoms with Crippen LogP contribution >= 0.6 is 11.6 Å². The van der Waals surface area contributed by atoms with Crippen molar-refractivity contribution < 1.29 is 13.9 Å². The number of ketones is 1. The Bertz CT molecular complexity index is 936. The molecule has 0 fully saturated rings. The van der Waals surface area contributed by atoms with Crippen LogP contribution in [0.4, 0.5) is 4.39 Å². The van der Waals surface area contributed by atoms with Crippen LogP contribution in [0.5, 0.6) is 5.75 Å². The number of hydrogen-bond donors (Lipinski definition) is 0. The first kappa shape index (κ1) is 16.1. The smallest absolute Gasteiger partial charge is 0.185 e. The van der Waals surface area contributed by atoms with Gasteiger partial charge in [-0.2, -0.15) is 0 Å². The molecule has 0 bridgehead atoms. The Kier molecular flexibility index (Phi) is 4.58. The zero-order valence-electron chi connectivity index (χ0n) is 12.8. The molecule has 1 heterocycles. The predicted octanol–water partition coefficient (Wildman–Crippen LogP) is 4.93. The number of carbonyl (C=O) groups excluding carboxylic acids is 1. The molecular formula is C19H13ClFNO2. The van der Waals surface area contributed by atoms with Gasteiger partial charge in [-0.3, -0.25) is 4.79 Å². The van der Waals surface area contributed by atoms with Crippen molar-refractivity contribution in [1.29, 1.82) is 0 Å². The van der Waals surface area contributed by atoms with Crippen LogP contribution < -0.4 is 4.74 Å². The number of carbonyl (C=O) groups is 1. The van der Waals surface area contributed by atoms with Crippen LogP contribution in [0.3, 0.4) is 0 Å². The summed E-state index contributed by atoms with van der Waals surface area (Å²) in [7, 11) is 1.59. The minimum absolute atomic E-state index is 0.239. The molecule has 24 heavy (non-hydrogen) atoms. The zero-order valence-corrected chi connectivity index (χ0v) is 13.5. The third-order valence-electron chi connectivity index (χ3n) is 3.55. The molecule has 0 amide bonds. The van der Waals surface area contributed by atoms with Gasteiger partial charge in [0, 0.05) is 16.5 Å². The van der Waals surface area contributed by atoms with Gasteiger partial charge in [-0.1, -0.05) is 11.6 Å². The highest BCUT2D eigenvalue weighted by atomic mass is 35.5. The molecule has 5 heteroatoms. The average molecular weight is 342 g/mol. The topological polar surface area (TPSA) is 39.2 Å². The van der Waals surface area contributed by atoms with Crippen molar-refractivity contribution in [3.8, 4) is 5.75 Å². The fourth-order valence-corrected chi connectivity index (χ4v) is 2.48. The molecule has 3 rings (SSSR count). The van der Waals surface area contributed by atoms with Crippen LogP contribution in [0.15, 0.2) is 54.6 Å². The lowest BCUT2D eigenvalue weighted by atomic mass is 10.1. The van der Waals surface area contributed by atoms with E-state index >= 15 is 0 Å². The second-order valence-corrected chi connectivity index (χ2v) is 5.49. The molecular weight excluding hydrogens is 329 g/mol. The number of rotatable bonds is 4. The van der Waals surface area contributed by atoms with Crippen LogP contribution in [0.2, 0.25) is 5.15 Å². The Morgan fingerprint density at radius 3 is 2.62 bits per heavy atom. The highest BCUT2D eigenvalue weighted by Gasteiger charge is 2.06. The van der Waals surface area contributed by atoms with E-state index in [2.05, 4.69) is 4.98 Å². The van der Waals surface area contributed by atoms with Crippen molar-refractivity contribution in [2.24, 2.45) is 0 Å². The number of methoxy groups -OCH3 is 1.